The number of hydrogen-bond donors (Lipinski definition) is 2. The fourth-order valence-electron chi connectivity index (χ4n) is 1.90. The second-order valence-electron chi connectivity index (χ2n) is 3.71. The summed E-state index contributed by atoms with van der Waals surface area (Å²) in [5.41, 5.74) is 2.21. The van der Waals surface area contributed by atoms with Crippen LogP contribution in [-0.4, -0.2) is 19.6 Å². The predicted octanol–water partition coefficient (Wildman–Crippen LogP) is 2.21. The number of nitrogens with one attached hydrogen (secondary N) is 2. The van der Waals surface area contributed by atoms with Gasteiger partial charge in [-0.05, 0) is 30.2 Å². The van der Waals surface area contributed by atoms with Gasteiger partial charge in [-0.25, -0.2) is 4.39 Å². The van der Waals surface area contributed by atoms with Gasteiger partial charge in [-0.2, -0.15) is 0 Å². The first kappa shape index (κ1) is 15.7. The van der Waals surface area contributed by atoms with Crippen molar-refractivity contribution in [1.29, 1.82) is 0 Å². The monoisotopic (exact) mass is 266 g/mol. The van der Waals surface area contributed by atoms with Crippen LogP contribution in [0.1, 0.15) is 17.2 Å². The lowest BCUT2D eigenvalue weighted by Gasteiger charge is -2.26. The number of halogens is 3. The molecule has 1 aliphatic rings. The van der Waals surface area contributed by atoms with Gasteiger partial charge in [0.15, 0.2) is 0 Å². The van der Waals surface area contributed by atoms with Crippen molar-refractivity contribution in [2.45, 2.75) is 13.0 Å². The second-order valence-corrected chi connectivity index (χ2v) is 3.71. The molecule has 1 aromatic carbocycles. The van der Waals surface area contributed by atoms with Crippen LogP contribution in [0.3, 0.4) is 0 Å². The van der Waals surface area contributed by atoms with Crippen molar-refractivity contribution in [3.05, 3.63) is 35.1 Å². The van der Waals surface area contributed by atoms with Crippen LogP contribution < -0.4 is 10.6 Å². The molecular formula is C11H17Cl2FN2. The van der Waals surface area contributed by atoms with Crippen LogP contribution in [0.5, 0.6) is 0 Å². The molecule has 0 amide bonds. The van der Waals surface area contributed by atoms with E-state index in [-0.39, 0.29) is 30.6 Å². The quantitative estimate of drug-likeness (QED) is 0.815. The minimum absolute atomic E-state index is 0. The first-order valence-electron chi connectivity index (χ1n) is 4.97. The molecule has 2 N–H and O–H groups in total. The van der Waals surface area contributed by atoms with Crippen LogP contribution in [0, 0.1) is 12.7 Å². The van der Waals surface area contributed by atoms with Crippen molar-refractivity contribution >= 4 is 24.8 Å². The van der Waals surface area contributed by atoms with E-state index in [0.29, 0.717) is 6.04 Å². The van der Waals surface area contributed by atoms with Gasteiger partial charge in [0.2, 0.25) is 0 Å². The van der Waals surface area contributed by atoms with Gasteiger partial charge >= 0.3 is 0 Å². The van der Waals surface area contributed by atoms with Crippen LogP contribution in [0.4, 0.5) is 4.39 Å². The SMILES string of the molecule is Cc1cc(F)ccc1C1CNCCN1.Cl.Cl. The topological polar surface area (TPSA) is 24.1 Å². The Kier molecular flexibility index (Phi) is 6.91. The smallest absolute Gasteiger partial charge is 0.123 e. The van der Waals surface area contributed by atoms with Crippen LogP contribution in [-0.2, 0) is 0 Å². The van der Waals surface area contributed by atoms with E-state index >= 15 is 0 Å². The molecule has 1 saturated heterocycles. The third-order valence-corrected chi connectivity index (χ3v) is 2.65. The standard InChI is InChI=1S/C11H15FN2.2ClH/c1-8-6-9(12)2-3-10(8)11-7-13-4-5-14-11;;/h2-3,6,11,13-14H,4-5,7H2,1H3;2*1H. The Balaban J connectivity index is 0.00000112. The van der Waals surface area contributed by atoms with Gasteiger partial charge in [0, 0.05) is 25.7 Å². The highest BCUT2D eigenvalue weighted by atomic mass is 35.5. The Morgan fingerprint density at radius 2 is 2.00 bits per heavy atom. The maximum atomic E-state index is 12.9. The first-order valence-corrected chi connectivity index (χ1v) is 4.97. The summed E-state index contributed by atoms with van der Waals surface area (Å²) >= 11 is 0. The number of rotatable bonds is 1. The van der Waals surface area contributed by atoms with Gasteiger partial charge in [0.05, 0.1) is 0 Å². The molecule has 1 unspecified atom stereocenters. The van der Waals surface area contributed by atoms with E-state index in [1.54, 1.807) is 6.07 Å². The van der Waals surface area contributed by atoms with Gasteiger partial charge in [0.25, 0.3) is 0 Å². The van der Waals surface area contributed by atoms with Crippen LogP contribution >= 0.6 is 24.8 Å². The number of piperazine rings is 1. The Bertz CT molecular complexity index is 328. The zero-order valence-corrected chi connectivity index (χ0v) is 10.8. The molecule has 1 aromatic rings. The van der Waals surface area contributed by atoms with Crippen molar-refractivity contribution in [3.8, 4) is 0 Å². The van der Waals surface area contributed by atoms with Crippen molar-refractivity contribution in [1.82, 2.24) is 10.6 Å². The summed E-state index contributed by atoms with van der Waals surface area (Å²) in [5.74, 6) is -0.157. The van der Waals surface area contributed by atoms with Crippen molar-refractivity contribution < 1.29 is 4.39 Å². The molecule has 2 nitrogen and oxygen atoms in total. The summed E-state index contributed by atoms with van der Waals surface area (Å²) < 4.78 is 12.9. The first-order chi connectivity index (χ1) is 6.77. The summed E-state index contributed by atoms with van der Waals surface area (Å²) in [5, 5.41) is 6.73. The maximum absolute atomic E-state index is 12.9. The van der Waals surface area contributed by atoms with E-state index < -0.39 is 0 Å². The van der Waals surface area contributed by atoms with E-state index in [4.69, 9.17) is 0 Å². The minimum atomic E-state index is -0.157. The van der Waals surface area contributed by atoms with Crippen molar-refractivity contribution in [2.24, 2.45) is 0 Å². The molecule has 0 spiro atoms. The van der Waals surface area contributed by atoms with Gasteiger partial charge in [0.1, 0.15) is 5.82 Å². The summed E-state index contributed by atoms with van der Waals surface area (Å²) in [6.45, 7) is 4.86. The lowest BCUT2D eigenvalue weighted by atomic mass is 10.00. The molecule has 0 radical (unpaired) electrons. The van der Waals surface area contributed by atoms with E-state index in [2.05, 4.69) is 10.6 Å². The molecular weight excluding hydrogens is 250 g/mol. The molecule has 16 heavy (non-hydrogen) atoms. The lowest BCUT2D eigenvalue weighted by molar-refractivity contribution is 0.428. The fourth-order valence-corrected chi connectivity index (χ4v) is 1.90. The molecule has 1 heterocycles. The minimum Gasteiger partial charge on any atom is -0.314 e. The summed E-state index contributed by atoms with van der Waals surface area (Å²) in [6.07, 6.45) is 0. The van der Waals surface area contributed by atoms with Gasteiger partial charge < -0.3 is 10.6 Å². The van der Waals surface area contributed by atoms with E-state index in [1.807, 2.05) is 13.0 Å². The molecule has 5 heteroatoms. The normalized spacial score (nSPS) is 19.5. The molecule has 0 saturated carbocycles. The van der Waals surface area contributed by atoms with Gasteiger partial charge in [-0.15, -0.1) is 24.8 Å². The van der Waals surface area contributed by atoms with Crippen LogP contribution in [0.2, 0.25) is 0 Å². The average Bonchev–Trinajstić information content (AvgIpc) is 2.19. The summed E-state index contributed by atoms with van der Waals surface area (Å²) in [6, 6.07) is 5.31. The Morgan fingerprint density at radius 1 is 1.25 bits per heavy atom. The fraction of sp³-hybridized carbons (Fsp3) is 0.455. The third kappa shape index (κ3) is 3.59. The Hall–Kier alpha value is -0.350. The van der Waals surface area contributed by atoms with Gasteiger partial charge in [-0.3, -0.25) is 0 Å². The highest BCUT2D eigenvalue weighted by Gasteiger charge is 2.15. The zero-order chi connectivity index (χ0) is 9.97. The molecule has 1 atom stereocenters. The van der Waals surface area contributed by atoms with Crippen LogP contribution in [0.15, 0.2) is 18.2 Å². The molecule has 1 aliphatic heterocycles. The van der Waals surface area contributed by atoms with E-state index in [1.165, 1.54) is 11.6 Å². The summed E-state index contributed by atoms with van der Waals surface area (Å²) in [7, 11) is 0. The second kappa shape index (κ2) is 7.07. The highest BCUT2D eigenvalue weighted by Crippen LogP contribution is 2.18. The molecule has 2 rings (SSSR count). The van der Waals surface area contributed by atoms with Crippen LogP contribution in [0.25, 0.3) is 0 Å². The molecule has 92 valence electrons. The predicted molar refractivity (Wildman–Crippen MR) is 69.2 cm³/mol. The highest BCUT2D eigenvalue weighted by molar-refractivity contribution is 5.85. The van der Waals surface area contributed by atoms with E-state index in [0.717, 1.165) is 25.2 Å². The largest absolute Gasteiger partial charge is 0.314 e. The molecule has 0 bridgehead atoms. The Labute approximate surface area is 108 Å². The molecule has 0 aliphatic carbocycles. The molecule has 0 aromatic heterocycles. The average molecular weight is 267 g/mol. The third-order valence-electron chi connectivity index (χ3n) is 2.65. The van der Waals surface area contributed by atoms with Gasteiger partial charge in [-0.1, -0.05) is 6.07 Å². The van der Waals surface area contributed by atoms with E-state index in [9.17, 15) is 4.39 Å². The number of hydrogen-bond acceptors (Lipinski definition) is 2. The van der Waals surface area contributed by atoms with Crippen molar-refractivity contribution in [3.63, 3.8) is 0 Å². The summed E-state index contributed by atoms with van der Waals surface area (Å²) in [4.78, 5) is 0. The zero-order valence-electron chi connectivity index (χ0n) is 9.13. The maximum Gasteiger partial charge on any atom is 0.123 e. The number of aryl methyl sites for hydroxylation is 1. The van der Waals surface area contributed by atoms with Crippen molar-refractivity contribution in [2.75, 3.05) is 19.6 Å². The molecule has 1 fully saturated rings. The lowest BCUT2D eigenvalue weighted by Crippen LogP contribution is -2.42. The number of benzene rings is 1. The Morgan fingerprint density at radius 3 is 2.56 bits per heavy atom.